The molecule has 0 spiro atoms. The summed E-state index contributed by atoms with van der Waals surface area (Å²) in [4.78, 5) is 0. The molecular formula is C12H14O2. The smallest absolute Gasteiger partial charge is 0.118 e. The zero-order chi connectivity index (χ0) is 10.0. The van der Waals surface area contributed by atoms with E-state index in [4.69, 9.17) is 9.47 Å². The summed E-state index contributed by atoms with van der Waals surface area (Å²) in [6.45, 7) is 2.76. The van der Waals surface area contributed by atoms with E-state index in [2.05, 4.69) is 13.0 Å². The van der Waals surface area contributed by atoms with E-state index in [9.17, 15) is 0 Å². The van der Waals surface area contributed by atoms with Crippen molar-refractivity contribution < 1.29 is 9.47 Å². The van der Waals surface area contributed by atoms with Crippen molar-refractivity contribution >= 4 is 0 Å². The molecule has 0 unspecified atom stereocenters. The standard InChI is InChI=1S/C12H14O2/c1-12(8-3-9-14-12)10-4-6-11(13-2)7-5-10/h3-8H,9H2,1-2H3/t12-/m0/s1. The van der Waals surface area contributed by atoms with Gasteiger partial charge in [0.25, 0.3) is 0 Å². The molecule has 0 saturated carbocycles. The summed E-state index contributed by atoms with van der Waals surface area (Å²) >= 11 is 0. The monoisotopic (exact) mass is 190 g/mol. The zero-order valence-electron chi connectivity index (χ0n) is 8.49. The Labute approximate surface area is 84.2 Å². The molecule has 14 heavy (non-hydrogen) atoms. The number of benzene rings is 1. The van der Waals surface area contributed by atoms with E-state index in [-0.39, 0.29) is 5.60 Å². The third-order valence-electron chi connectivity index (χ3n) is 2.58. The van der Waals surface area contributed by atoms with Gasteiger partial charge in [0.2, 0.25) is 0 Å². The lowest BCUT2D eigenvalue weighted by Gasteiger charge is -2.22. The van der Waals surface area contributed by atoms with E-state index in [0.717, 1.165) is 11.3 Å². The van der Waals surface area contributed by atoms with Crippen LogP contribution in [0, 0.1) is 0 Å². The molecule has 0 amide bonds. The maximum atomic E-state index is 5.65. The molecule has 2 heteroatoms. The van der Waals surface area contributed by atoms with E-state index in [0.29, 0.717) is 6.61 Å². The third-order valence-corrected chi connectivity index (χ3v) is 2.58. The second kappa shape index (κ2) is 3.46. The normalized spacial score (nSPS) is 25.3. The molecule has 1 aromatic rings. The molecule has 0 N–H and O–H groups in total. The van der Waals surface area contributed by atoms with Gasteiger partial charge in [-0.2, -0.15) is 0 Å². The van der Waals surface area contributed by atoms with Crippen molar-refractivity contribution in [2.45, 2.75) is 12.5 Å². The zero-order valence-corrected chi connectivity index (χ0v) is 8.49. The number of ether oxygens (including phenoxy) is 2. The molecule has 1 aliphatic rings. The van der Waals surface area contributed by atoms with E-state index in [1.807, 2.05) is 30.3 Å². The highest BCUT2D eigenvalue weighted by atomic mass is 16.5. The summed E-state index contributed by atoms with van der Waals surface area (Å²) in [6.07, 6.45) is 4.14. The van der Waals surface area contributed by atoms with Gasteiger partial charge >= 0.3 is 0 Å². The van der Waals surface area contributed by atoms with Crippen LogP contribution in [-0.2, 0) is 10.3 Å². The molecule has 2 rings (SSSR count). The van der Waals surface area contributed by atoms with Crippen LogP contribution in [0.25, 0.3) is 0 Å². The molecule has 0 saturated heterocycles. The van der Waals surface area contributed by atoms with Gasteiger partial charge < -0.3 is 9.47 Å². The Morgan fingerprint density at radius 1 is 1.29 bits per heavy atom. The Morgan fingerprint density at radius 3 is 2.50 bits per heavy atom. The Morgan fingerprint density at radius 2 is 2.00 bits per heavy atom. The first kappa shape index (κ1) is 9.28. The summed E-state index contributed by atoms with van der Waals surface area (Å²) in [5, 5.41) is 0. The van der Waals surface area contributed by atoms with Gasteiger partial charge in [0.15, 0.2) is 0 Å². The number of rotatable bonds is 2. The van der Waals surface area contributed by atoms with Gasteiger partial charge in [0.1, 0.15) is 11.4 Å². The van der Waals surface area contributed by atoms with Gasteiger partial charge in [-0.05, 0) is 24.6 Å². The molecule has 1 aliphatic heterocycles. The van der Waals surface area contributed by atoms with Crippen molar-refractivity contribution in [2.24, 2.45) is 0 Å². The van der Waals surface area contributed by atoms with Crippen molar-refractivity contribution in [3.8, 4) is 5.75 Å². The first-order valence-electron chi connectivity index (χ1n) is 4.71. The van der Waals surface area contributed by atoms with E-state index in [1.165, 1.54) is 0 Å². The molecule has 74 valence electrons. The number of methoxy groups -OCH3 is 1. The lowest BCUT2D eigenvalue weighted by molar-refractivity contribution is 0.0390. The fourth-order valence-corrected chi connectivity index (χ4v) is 1.64. The van der Waals surface area contributed by atoms with Crippen LogP contribution in [-0.4, -0.2) is 13.7 Å². The molecule has 0 aromatic heterocycles. The predicted molar refractivity (Wildman–Crippen MR) is 55.4 cm³/mol. The summed E-state index contributed by atoms with van der Waals surface area (Å²) < 4.78 is 10.8. The third kappa shape index (κ3) is 1.53. The van der Waals surface area contributed by atoms with E-state index >= 15 is 0 Å². The van der Waals surface area contributed by atoms with Crippen LogP contribution in [0.1, 0.15) is 12.5 Å². The van der Waals surface area contributed by atoms with Gasteiger partial charge in [-0.25, -0.2) is 0 Å². The van der Waals surface area contributed by atoms with Crippen molar-refractivity contribution in [3.05, 3.63) is 42.0 Å². The molecule has 0 bridgehead atoms. The average Bonchev–Trinajstić information content (AvgIpc) is 2.67. The lowest BCUT2D eigenvalue weighted by Crippen LogP contribution is -2.18. The van der Waals surface area contributed by atoms with Gasteiger partial charge in [-0.1, -0.05) is 24.3 Å². The first-order chi connectivity index (χ1) is 6.74. The summed E-state index contributed by atoms with van der Waals surface area (Å²) in [7, 11) is 1.67. The largest absolute Gasteiger partial charge is 0.497 e. The fraction of sp³-hybridized carbons (Fsp3) is 0.333. The molecule has 0 radical (unpaired) electrons. The van der Waals surface area contributed by atoms with Crippen LogP contribution in [0.3, 0.4) is 0 Å². The van der Waals surface area contributed by atoms with Crippen LogP contribution in [0.5, 0.6) is 5.75 Å². The van der Waals surface area contributed by atoms with Crippen molar-refractivity contribution in [3.63, 3.8) is 0 Å². The number of hydrogen-bond acceptors (Lipinski definition) is 2. The predicted octanol–water partition coefficient (Wildman–Crippen LogP) is 2.50. The average molecular weight is 190 g/mol. The van der Waals surface area contributed by atoms with Crippen LogP contribution in [0.4, 0.5) is 0 Å². The van der Waals surface area contributed by atoms with E-state index < -0.39 is 0 Å². The lowest BCUT2D eigenvalue weighted by atomic mass is 9.96. The minimum Gasteiger partial charge on any atom is -0.497 e. The molecule has 1 atom stereocenters. The SMILES string of the molecule is COc1ccc([C@]2(C)C=CCO2)cc1. The van der Waals surface area contributed by atoms with Gasteiger partial charge in [0, 0.05) is 0 Å². The highest BCUT2D eigenvalue weighted by Gasteiger charge is 2.26. The van der Waals surface area contributed by atoms with Crippen molar-refractivity contribution in [2.75, 3.05) is 13.7 Å². The Bertz CT molecular complexity index is 340. The van der Waals surface area contributed by atoms with Crippen molar-refractivity contribution in [1.29, 1.82) is 0 Å². The highest BCUT2D eigenvalue weighted by molar-refractivity contribution is 5.34. The molecule has 0 aliphatic carbocycles. The molecule has 0 fully saturated rings. The molecule has 1 aromatic carbocycles. The van der Waals surface area contributed by atoms with Crippen LogP contribution < -0.4 is 4.74 Å². The summed E-state index contributed by atoms with van der Waals surface area (Å²) in [5.41, 5.74) is 0.902. The second-order valence-electron chi connectivity index (χ2n) is 3.55. The Kier molecular flexibility index (Phi) is 2.30. The minimum atomic E-state index is -0.258. The van der Waals surface area contributed by atoms with Crippen LogP contribution in [0.2, 0.25) is 0 Å². The number of hydrogen-bond donors (Lipinski definition) is 0. The summed E-state index contributed by atoms with van der Waals surface area (Å²) in [5.74, 6) is 0.874. The maximum absolute atomic E-state index is 5.65. The maximum Gasteiger partial charge on any atom is 0.118 e. The summed E-state index contributed by atoms with van der Waals surface area (Å²) in [6, 6.07) is 7.98. The first-order valence-corrected chi connectivity index (χ1v) is 4.71. The topological polar surface area (TPSA) is 18.5 Å². The van der Waals surface area contributed by atoms with Crippen LogP contribution in [0.15, 0.2) is 36.4 Å². The Balaban J connectivity index is 2.28. The van der Waals surface area contributed by atoms with Gasteiger partial charge in [-0.3, -0.25) is 0 Å². The quantitative estimate of drug-likeness (QED) is 0.667. The van der Waals surface area contributed by atoms with Gasteiger partial charge in [-0.15, -0.1) is 0 Å². The molecule has 2 nitrogen and oxygen atoms in total. The molecule has 1 heterocycles. The molecular weight excluding hydrogens is 176 g/mol. The van der Waals surface area contributed by atoms with Gasteiger partial charge in [0.05, 0.1) is 13.7 Å². The van der Waals surface area contributed by atoms with Crippen molar-refractivity contribution in [1.82, 2.24) is 0 Å². The van der Waals surface area contributed by atoms with E-state index in [1.54, 1.807) is 7.11 Å². The fourth-order valence-electron chi connectivity index (χ4n) is 1.64. The Hall–Kier alpha value is -1.28. The highest BCUT2D eigenvalue weighted by Crippen LogP contribution is 2.31. The minimum absolute atomic E-state index is 0.258. The second-order valence-corrected chi connectivity index (χ2v) is 3.55. The van der Waals surface area contributed by atoms with Crippen LogP contribution >= 0.6 is 0 Å².